The molecule has 1 fully saturated rings. The van der Waals surface area contributed by atoms with Gasteiger partial charge in [0.2, 0.25) is 0 Å². The van der Waals surface area contributed by atoms with Gasteiger partial charge in [-0.1, -0.05) is 11.6 Å². The zero-order valence-corrected chi connectivity index (χ0v) is 10.5. The minimum atomic E-state index is 0.184. The van der Waals surface area contributed by atoms with E-state index < -0.39 is 0 Å². The highest BCUT2D eigenvalue weighted by Gasteiger charge is 2.13. The second kappa shape index (κ2) is 5.77. The van der Waals surface area contributed by atoms with Crippen LogP contribution in [0.5, 0.6) is 0 Å². The van der Waals surface area contributed by atoms with E-state index in [1.807, 2.05) is 0 Å². The summed E-state index contributed by atoms with van der Waals surface area (Å²) in [6.07, 6.45) is 0.566. The summed E-state index contributed by atoms with van der Waals surface area (Å²) in [5, 5.41) is 0. The predicted octanol–water partition coefficient (Wildman–Crippen LogP) is 2.31. The quantitative estimate of drug-likeness (QED) is 0.777. The molecule has 0 atom stereocenters. The van der Waals surface area contributed by atoms with E-state index in [4.69, 9.17) is 16.3 Å². The van der Waals surface area contributed by atoms with Crippen LogP contribution in [0.1, 0.15) is 16.1 Å². The number of rotatable bonds is 4. The third-order valence-corrected chi connectivity index (χ3v) is 3.88. The van der Waals surface area contributed by atoms with Gasteiger partial charge in [0.05, 0.1) is 22.4 Å². The first kappa shape index (κ1) is 12.0. The van der Waals surface area contributed by atoms with Gasteiger partial charge in [0.1, 0.15) is 0 Å². The number of carbonyl (C=O) groups excluding carboxylic acids is 1. The third-order valence-electron chi connectivity index (χ3n) is 2.61. The Morgan fingerprint density at radius 3 is 2.81 bits per heavy atom. The molecule has 3 nitrogen and oxygen atoms in total. The van der Waals surface area contributed by atoms with Crippen molar-refractivity contribution in [1.29, 1.82) is 0 Å². The van der Waals surface area contributed by atoms with Crippen molar-refractivity contribution < 1.29 is 9.53 Å². The summed E-state index contributed by atoms with van der Waals surface area (Å²) in [6.45, 7) is 4.23. The maximum Gasteiger partial charge on any atom is 0.174 e. The molecule has 0 spiro atoms. The highest BCUT2D eigenvalue weighted by molar-refractivity contribution is 7.18. The summed E-state index contributed by atoms with van der Waals surface area (Å²) in [5.41, 5.74) is 0. The number of morpholine rings is 1. The van der Waals surface area contributed by atoms with Crippen LogP contribution in [-0.2, 0) is 4.74 Å². The summed E-state index contributed by atoms with van der Waals surface area (Å²) in [4.78, 5) is 14.8. The van der Waals surface area contributed by atoms with Gasteiger partial charge in [-0.3, -0.25) is 9.69 Å². The van der Waals surface area contributed by atoms with Crippen LogP contribution >= 0.6 is 22.9 Å². The fraction of sp³-hybridized carbons (Fsp3) is 0.545. The molecule has 0 N–H and O–H groups in total. The number of nitrogens with zero attached hydrogens (tertiary/aromatic N) is 1. The monoisotopic (exact) mass is 259 g/mol. The summed E-state index contributed by atoms with van der Waals surface area (Å²) < 4.78 is 5.93. The lowest BCUT2D eigenvalue weighted by atomic mass is 10.2. The molecule has 16 heavy (non-hydrogen) atoms. The molecular weight excluding hydrogens is 246 g/mol. The summed E-state index contributed by atoms with van der Waals surface area (Å²) >= 11 is 7.15. The van der Waals surface area contributed by atoms with Crippen LogP contribution in [0, 0.1) is 0 Å². The molecule has 0 amide bonds. The van der Waals surface area contributed by atoms with Crippen LogP contribution in [-0.4, -0.2) is 43.5 Å². The van der Waals surface area contributed by atoms with Crippen LogP contribution in [0.4, 0.5) is 0 Å². The summed E-state index contributed by atoms with van der Waals surface area (Å²) in [6, 6.07) is 3.57. The second-order valence-electron chi connectivity index (χ2n) is 3.73. The molecule has 0 unspecified atom stereocenters. The minimum absolute atomic E-state index is 0.184. The van der Waals surface area contributed by atoms with E-state index in [1.54, 1.807) is 12.1 Å². The van der Waals surface area contributed by atoms with E-state index in [2.05, 4.69) is 4.90 Å². The van der Waals surface area contributed by atoms with Crippen LogP contribution in [0.3, 0.4) is 0 Å². The molecule has 0 saturated carbocycles. The number of halogens is 1. The zero-order chi connectivity index (χ0) is 11.4. The van der Waals surface area contributed by atoms with E-state index in [0.717, 1.165) is 37.7 Å². The fourth-order valence-corrected chi connectivity index (χ4v) is 2.68. The van der Waals surface area contributed by atoms with E-state index in [9.17, 15) is 4.79 Å². The lowest BCUT2D eigenvalue weighted by Gasteiger charge is -2.26. The van der Waals surface area contributed by atoms with E-state index >= 15 is 0 Å². The van der Waals surface area contributed by atoms with Crippen LogP contribution < -0.4 is 0 Å². The predicted molar refractivity (Wildman–Crippen MR) is 65.5 cm³/mol. The standard InChI is InChI=1S/C11H14ClNO2S/c12-11-2-1-10(16-11)9(14)3-4-13-5-7-15-8-6-13/h1-2H,3-8H2. The molecule has 2 heterocycles. The summed E-state index contributed by atoms with van der Waals surface area (Å²) in [7, 11) is 0. The van der Waals surface area contributed by atoms with Crippen LogP contribution in [0.2, 0.25) is 4.34 Å². The molecule has 1 aromatic heterocycles. The van der Waals surface area contributed by atoms with Crippen LogP contribution in [0.25, 0.3) is 0 Å². The van der Waals surface area contributed by atoms with E-state index in [1.165, 1.54) is 11.3 Å². The van der Waals surface area contributed by atoms with E-state index in [0.29, 0.717) is 10.8 Å². The van der Waals surface area contributed by atoms with Gasteiger partial charge in [0, 0.05) is 26.1 Å². The van der Waals surface area contributed by atoms with Gasteiger partial charge in [-0.15, -0.1) is 11.3 Å². The summed E-state index contributed by atoms with van der Waals surface area (Å²) in [5.74, 6) is 0.184. The van der Waals surface area contributed by atoms with Crippen molar-refractivity contribution in [2.45, 2.75) is 6.42 Å². The molecule has 0 aliphatic carbocycles. The van der Waals surface area contributed by atoms with Crippen molar-refractivity contribution in [2.75, 3.05) is 32.8 Å². The molecule has 1 aliphatic rings. The molecule has 1 saturated heterocycles. The smallest absolute Gasteiger partial charge is 0.174 e. The number of hydrogen-bond acceptors (Lipinski definition) is 4. The lowest BCUT2D eigenvalue weighted by molar-refractivity contribution is 0.0370. The average molecular weight is 260 g/mol. The van der Waals surface area contributed by atoms with Crippen molar-refractivity contribution in [3.8, 4) is 0 Å². The number of ketones is 1. The SMILES string of the molecule is O=C(CCN1CCOCC1)c1ccc(Cl)s1. The molecule has 0 radical (unpaired) electrons. The zero-order valence-electron chi connectivity index (χ0n) is 8.95. The first-order valence-electron chi connectivity index (χ1n) is 5.34. The molecular formula is C11H14ClNO2S. The highest BCUT2D eigenvalue weighted by Crippen LogP contribution is 2.22. The first-order chi connectivity index (χ1) is 7.75. The van der Waals surface area contributed by atoms with Gasteiger partial charge in [0.15, 0.2) is 5.78 Å². The van der Waals surface area contributed by atoms with E-state index in [-0.39, 0.29) is 5.78 Å². The average Bonchev–Trinajstić information content (AvgIpc) is 2.74. The normalized spacial score (nSPS) is 17.6. The number of thiophene rings is 1. The minimum Gasteiger partial charge on any atom is -0.379 e. The number of Topliss-reactive ketones (excluding diaryl/α,β-unsaturated/α-hetero) is 1. The molecule has 5 heteroatoms. The Kier molecular flexibility index (Phi) is 4.35. The van der Waals surface area contributed by atoms with Crippen molar-refractivity contribution >= 4 is 28.7 Å². The second-order valence-corrected chi connectivity index (χ2v) is 5.45. The van der Waals surface area contributed by atoms with Crippen molar-refractivity contribution in [3.63, 3.8) is 0 Å². The van der Waals surface area contributed by atoms with Gasteiger partial charge in [-0.2, -0.15) is 0 Å². The van der Waals surface area contributed by atoms with Gasteiger partial charge < -0.3 is 4.74 Å². The van der Waals surface area contributed by atoms with Gasteiger partial charge in [-0.05, 0) is 12.1 Å². The Morgan fingerprint density at radius 1 is 1.44 bits per heavy atom. The Bertz CT molecular complexity index is 361. The Balaban J connectivity index is 1.79. The lowest BCUT2D eigenvalue weighted by Crippen LogP contribution is -2.37. The first-order valence-corrected chi connectivity index (χ1v) is 6.54. The van der Waals surface area contributed by atoms with Gasteiger partial charge >= 0.3 is 0 Å². The van der Waals surface area contributed by atoms with Gasteiger partial charge in [-0.25, -0.2) is 0 Å². The number of ether oxygens (including phenoxy) is 1. The fourth-order valence-electron chi connectivity index (χ4n) is 1.67. The molecule has 88 valence electrons. The van der Waals surface area contributed by atoms with Crippen molar-refractivity contribution in [3.05, 3.63) is 21.3 Å². The van der Waals surface area contributed by atoms with Gasteiger partial charge in [0.25, 0.3) is 0 Å². The topological polar surface area (TPSA) is 29.5 Å². The highest BCUT2D eigenvalue weighted by atomic mass is 35.5. The largest absolute Gasteiger partial charge is 0.379 e. The Hall–Kier alpha value is -0.420. The number of carbonyl (C=O) groups is 1. The molecule has 0 bridgehead atoms. The Morgan fingerprint density at radius 2 is 2.19 bits per heavy atom. The van der Waals surface area contributed by atoms with Crippen molar-refractivity contribution in [1.82, 2.24) is 4.90 Å². The maximum atomic E-state index is 11.8. The maximum absolute atomic E-state index is 11.8. The molecule has 1 aromatic rings. The molecule has 1 aliphatic heterocycles. The molecule has 2 rings (SSSR count). The Labute approximate surface area is 104 Å². The van der Waals surface area contributed by atoms with Crippen molar-refractivity contribution in [2.24, 2.45) is 0 Å². The third kappa shape index (κ3) is 3.28. The number of hydrogen-bond donors (Lipinski definition) is 0. The molecule has 0 aromatic carbocycles. The van der Waals surface area contributed by atoms with Crippen LogP contribution in [0.15, 0.2) is 12.1 Å².